The Kier molecular flexibility index (Phi) is 8.69. The quantitative estimate of drug-likeness (QED) is 0.278. The summed E-state index contributed by atoms with van der Waals surface area (Å²) >= 11 is 0. The summed E-state index contributed by atoms with van der Waals surface area (Å²) in [6, 6.07) is 9.35. The molecule has 1 saturated heterocycles. The van der Waals surface area contributed by atoms with Gasteiger partial charge in [0.1, 0.15) is 24.8 Å². The standard InChI is InChI=1S/C28H34N6O5S/c1-29-14-22(35)17-39-23-5-3-4-20(12-23)27-32-21(7-6-19-8-10-38-11-9-19)13-26(33-27)25-16-34(40(2,36)37)28-24(25)15-30-18-31-28/h3-5,12-13,15-16,18-19,22,29,35H,6-11,14,17H2,1-2H3/t22-/m1/s1. The van der Waals surface area contributed by atoms with Crippen LogP contribution in [0.15, 0.2) is 49.1 Å². The van der Waals surface area contributed by atoms with Crippen molar-refractivity contribution in [3.63, 3.8) is 0 Å². The van der Waals surface area contributed by atoms with E-state index in [2.05, 4.69) is 15.3 Å². The van der Waals surface area contributed by atoms with Crippen molar-refractivity contribution in [2.24, 2.45) is 5.92 Å². The highest BCUT2D eigenvalue weighted by atomic mass is 32.2. The second-order valence-corrected chi connectivity index (χ2v) is 11.9. The van der Waals surface area contributed by atoms with Crippen LogP contribution in [0.3, 0.4) is 0 Å². The molecule has 5 rings (SSSR count). The molecule has 4 heterocycles. The molecule has 0 spiro atoms. The van der Waals surface area contributed by atoms with Gasteiger partial charge in [0.25, 0.3) is 0 Å². The summed E-state index contributed by atoms with van der Waals surface area (Å²) in [7, 11) is -1.84. The van der Waals surface area contributed by atoms with Gasteiger partial charge in [-0.1, -0.05) is 12.1 Å². The highest BCUT2D eigenvalue weighted by Gasteiger charge is 2.21. The summed E-state index contributed by atoms with van der Waals surface area (Å²) in [4.78, 5) is 18.1. The van der Waals surface area contributed by atoms with Crippen molar-refractivity contribution in [1.82, 2.24) is 29.2 Å². The third-order valence-corrected chi connectivity index (χ3v) is 7.97. The number of hydrogen-bond acceptors (Lipinski definition) is 10. The van der Waals surface area contributed by atoms with Gasteiger partial charge in [-0.3, -0.25) is 0 Å². The summed E-state index contributed by atoms with van der Waals surface area (Å²) in [6.45, 7) is 2.14. The number of nitrogens with zero attached hydrogens (tertiary/aromatic N) is 5. The van der Waals surface area contributed by atoms with Crippen molar-refractivity contribution in [3.8, 4) is 28.4 Å². The van der Waals surface area contributed by atoms with E-state index in [0.29, 0.717) is 46.3 Å². The first-order valence-corrected chi connectivity index (χ1v) is 15.2. The Labute approximate surface area is 233 Å². The van der Waals surface area contributed by atoms with Crippen LogP contribution in [-0.4, -0.2) is 83.2 Å². The van der Waals surface area contributed by atoms with Crippen LogP contribution in [0.1, 0.15) is 25.0 Å². The molecular formula is C28H34N6O5S. The molecule has 11 nitrogen and oxygen atoms in total. The van der Waals surface area contributed by atoms with Crippen LogP contribution in [-0.2, 0) is 21.2 Å². The first-order valence-electron chi connectivity index (χ1n) is 13.4. The number of nitrogens with one attached hydrogen (secondary N) is 1. The lowest BCUT2D eigenvalue weighted by molar-refractivity contribution is 0.0639. The largest absolute Gasteiger partial charge is 0.491 e. The number of rotatable bonds is 11. The number of aryl methyl sites for hydroxylation is 1. The predicted molar refractivity (Wildman–Crippen MR) is 152 cm³/mol. The third kappa shape index (κ3) is 6.64. The van der Waals surface area contributed by atoms with Crippen LogP contribution < -0.4 is 10.1 Å². The van der Waals surface area contributed by atoms with E-state index in [9.17, 15) is 13.5 Å². The van der Waals surface area contributed by atoms with Gasteiger partial charge < -0.3 is 19.9 Å². The lowest BCUT2D eigenvalue weighted by atomic mass is 9.94. The van der Waals surface area contributed by atoms with Crippen molar-refractivity contribution in [2.75, 3.05) is 39.7 Å². The van der Waals surface area contributed by atoms with Gasteiger partial charge in [-0.15, -0.1) is 0 Å². The molecule has 1 fully saturated rings. The highest BCUT2D eigenvalue weighted by molar-refractivity contribution is 7.89. The van der Waals surface area contributed by atoms with Crippen molar-refractivity contribution >= 4 is 21.1 Å². The van der Waals surface area contributed by atoms with Gasteiger partial charge in [0.05, 0.1) is 11.9 Å². The minimum atomic E-state index is -3.61. The summed E-state index contributed by atoms with van der Waals surface area (Å²) < 4.78 is 37.6. The molecule has 0 amide bonds. The summed E-state index contributed by atoms with van der Waals surface area (Å²) in [6.07, 6.45) is 8.77. The van der Waals surface area contributed by atoms with Crippen molar-refractivity contribution < 1.29 is 23.0 Å². The predicted octanol–water partition coefficient (Wildman–Crippen LogP) is 2.68. The molecule has 0 saturated carbocycles. The van der Waals surface area contributed by atoms with Gasteiger partial charge >= 0.3 is 0 Å². The molecule has 1 aliphatic rings. The second-order valence-electron chi connectivity index (χ2n) is 10.1. The zero-order valence-electron chi connectivity index (χ0n) is 22.7. The molecule has 0 radical (unpaired) electrons. The van der Waals surface area contributed by atoms with E-state index < -0.39 is 16.1 Å². The fourth-order valence-electron chi connectivity index (χ4n) is 4.89. The average molecular weight is 567 g/mol. The SMILES string of the molecule is CNC[C@@H](O)COc1cccc(-c2nc(CCC3CCOCC3)cc(-c3cn(S(C)(=O)=O)c4ncncc34)n2)c1. The molecule has 0 aliphatic carbocycles. The van der Waals surface area contributed by atoms with Crippen molar-refractivity contribution in [2.45, 2.75) is 31.8 Å². The van der Waals surface area contributed by atoms with Gasteiger partial charge in [-0.2, -0.15) is 0 Å². The Balaban J connectivity index is 1.54. The van der Waals surface area contributed by atoms with Gasteiger partial charge in [0.15, 0.2) is 11.5 Å². The molecule has 12 heteroatoms. The Morgan fingerprint density at radius 2 is 2.05 bits per heavy atom. The maximum Gasteiger partial charge on any atom is 0.237 e. The lowest BCUT2D eigenvalue weighted by Crippen LogP contribution is -2.29. The number of likely N-dealkylation sites (N-methyl/N-ethyl adjacent to an activating group) is 1. The van der Waals surface area contributed by atoms with E-state index in [1.165, 1.54) is 6.33 Å². The van der Waals surface area contributed by atoms with Gasteiger partial charge in [0, 0.05) is 54.4 Å². The Morgan fingerprint density at radius 3 is 2.83 bits per heavy atom. The number of fused-ring (bicyclic) bond motifs is 1. The molecule has 2 N–H and O–H groups in total. The minimum absolute atomic E-state index is 0.145. The van der Waals surface area contributed by atoms with E-state index in [0.717, 1.165) is 60.4 Å². The number of hydrogen-bond donors (Lipinski definition) is 2. The fraction of sp³-hybridized carbons (Fsp3) is 0.429. The smallest absolute Gasteiger partial charge is 0.237 e. The monoisotopic (exact) mass is 566 g/mol. The number of ether oxygens (including phenoxy) is 2. The number of benzene rings is 1. The first-order chi connectivity index (χ1) is 19.3. The van der Waals surface area contributed by atoms with Gasteiger partial charge in [-0.25, -0.2) is 32.3 Å². The molecule has 1 aromatic carbocycles. The van der Waals surface area contributed by atoms with Crippen LogP contribution in [0.5, 0.6) is 5.75 Å². The number of aliphatic hydroxyl groups is 1. The summed E-state index contributed by atoms with van der Waals surface area (Å²) in [5.41, 5.74) is 3.11. The normalized spacial score (nSPS) is 15.4. The second kappa shape index (κ2) is 12.4. The Hall–Kier alpha value is -3.45. The third-order valence-electron chi connectivity index (χ3n) is 6.97. The van der Waals surface area contributed by atoms with Crippen LogP contribution in [0.25, 0.3) is 33.7 Å². The maximum absolute atomic E-state index is 12.5. The molecule has 40 heavy (non-hydrogen) atoms. The topological polar surface area (TPSA) is 141 Å². The Morgan fingerprint density at radius 1 is 1.23 bits per heavy atom. The first kappa shape index (κ1) is 28.1. The van der Waals surface area contributed by atoms with Crippen molar-refractivity contribution in [3.05, 3.63) is 54.7 Å². The summed E-state index contributed by atoms with van der Waals surface area (Å²) in [5, 5.41) is 13.5. The molecule has 4 aromatic rings. The molecule has 0 bridgehead atoms. The van der Waals surface area contributed by atoms with Gasteiger partial charge in [-0.05, 0) is 56.8 Å². The highest BCUT2D eigenvalue weighted by Crippen LogP contribution is 2.32. The van der Waals surface area contributed by atoms with Crippen LogP contribution in [0.2, 0.25) is 0 Å². The average Bonchev–Trinajstić information content (AvgIpc) is 3.36. The van der Waals surface area contributed by atoms with Crippen molar-refractivity contribution in [1.29, 1.82) is 0 Å². The van der Waals surface area contributed by atoms with E-state index >= 15 is 0 Å². The van der Waals surface area contributed by atoms with E-state index in [-0.39, 0.29) is 6.61 Å². The number of aliphatic hydroxyl groups excluding tert-OH is 1. The Bertz CT molecular complexity index is 1570. The minimum Gasteiger partial charge on any atom is -0.491 e. The molecule has 3 aromatic heterocycles. The number of aromatic nitrogens is 5. The van der Waals surface area contributed by atoms with E-state index in [1.807, 2.05) is 30.3 Å². The molecule has 0 unspecified atom stereocenters. The molecule has 1 atom stereocenters. The molecular weight excluding hydrogens is 532 g/mol. The van der Waals surface area contributed by atoms with E-state index in [1.54, 1.807) is 19.4 Å². The maximum atomic E-state index is 12.5. The fourth-order valence-corrected chi connectivity index (χ4v) is 5.64. The zero-order valence-corrected chi connectivity index (χ0v) is 23.5. The van der Waals surface area contributed by atoms with Crippen LogP contribution in [0, 0.1) is 5.92 Å². The lowest BCUT2D eigenvalue weighted by Gasteiger charge is -2.21. The van der Waals surface area contributed by atoms with Gasteiger partial charge in [0.2, 0.25) is 10.0 Å². The van der Waals surface area contributed by atoms with Crippen LogP contribution >= 0.6 is 0 Å². The van der Waals surface area contributed by atoms with Crippen LogP contribution in [0.4, 0.5) is 0 Å². The van der Waals surface area contributed by atoms with E-state index in [4.69, 9.17) is 19.4 Å². The summed E-state index contributed by atoms with van der Waals surface area (Å²) in [5.74, 6) is 1.65. The zero-order chi connectivity index (χ0) is 28.1. The molecule has 1 aliphatic heterocycles. The molecule has 212 valence electrons.